The van der Waals surface area contributed by atoms with Crippen LogP contribution in [0.4, 0.5) is 5.69 Å². The number of hydrogen-bond acceptors (Lipinski definition) is 4. The van der Waals surface area contributed by atoms with Crippen molar-refractivity contribution in [2.45, 2.75) is 20.3 Å². The van der Waals surface area contributed by atoms with E-state index in [1.165, 1.54) is 0 Å². The van der Waals surface area contributed by atoms with Gasteiger partial charge in [-0.25, -0.2) is 0 Å². The molecule has 1 amide bonds. The Balaban J connectivity index is 2.96. The van der Waals surface area contributed by atoms with Crippen LogP contribution in [0.15, 0.2) is 18.2 Å². The van der Waals surface area contributed by atoms with Gasteiger partial charge in [0.05, 0.1) is 11.3 Å². The number of anilines is 1. The Morgan fingerprint density at radius 1 is 1.50 bits per heavy atom. The third kappa shape index (κ3) is 3.45. The van der Waals surface area contributed by atoms with E-state index in [1.807, 2.05) is 26.0 Å². The van der Waals surface area contributed by atoms with Crippen LogP contribution in [0.25, 0.3) is 0 Å². The van der Waals surface area contributed by atoms with Gasteiger partial charge in [-0.05, 0) is 32.4 Å². The van der Waals surface area contributed by atoms with Crippen molar-refractivity contribution in [2.75, 3.05) is 25.1 Å². The predicted octanol–water partition coefficient (Wildman–Crippen LogP) is 1.13. The summed E-state index contributed by atoms with van der Waals surface area (Å²) < 4.78 is 0. The third-order valence-electron chi connectivity index (χ3n) is 2.82. The third-order valence-corrected chi connectivity index (χ3v) is 2.82. The second-order valence-electron chi connectivity index (χ2n) is 4.16. The molecular formula is C13H21N3O2. The molecule has 0 saturated carbocycles. The molecule has 0 aliphatic carbocycles. The number of carbonyl (C=O) groups excluding carboxylic acids is 1. The fourth-order valence-corrected chi connectivity index (χ4v) is 1.80. The lowest BCUT2D eigenvalue weighted by Crippen LogP contribution is -2.33. The number of amides is 1. The van der Waals surface area contributed by atoms with Crippen LogP contribution in [0, 0.1) is 6.92 Å². The zero-order valence-corrected chi connectivity index (χ0v) is 10.9. The highest BCUT2D eigenvalue weighted by atomic mass is 16.3. The molecule has 0 aliphatic rings. The highest BCUT2D eigenvalue weighted by molar-refractivity contribution is 5.99. The van der Waals surface area contributed by atoms with Crippen molar-refractivity contribution in [3.8, 4) is 0 Å². The molecule has 100 valence electrons. The van der Waals surface area contributed by atoms with Gasteiger partial charge >= 0.3 is 0 Å². The van der Waals surface area contributed by atoms with Crippen molar-refractivity contribution in [2.24, 2.45) is 5.84 Å². The summed E-state index contributed by atoms with van der Waals surface area (Å²) in [6, 6.07) is 5.51. The minimum absolute atomic E-state index is 0.0670. The van der Waals surface area contributed by atoms with Crippen molar-refractivity contribution in [1.82, 2.24) is 4.90 Å². The molecule has 1 rings (SSSR count). The maximum Gasteiger partial charge on any atom is 0.256 e. The number of hydrogen-bond donors (Lipinski definition) is 3. The molecule has 0 aromatic heterocycles. The maximum atomic E-state index is 12.4. The quantitative estimate of drug-likeness (QED) is 0.523. The number of hydrazine groups is 1. The van der Waals surface area contributed by atoms with E-state index in [0.29, 0.717) is 30.8 Å². The molecule has 18 heavy (non-hydrogen) atoms. The minimum Gasteiger partial charge on any atom is -0.396 e. The molecule has 0 aliphatic heterocycles. The fraction of sp³-hybridized carbons (Fsp3) is 0.462. The first kappa shape index (κ1) is 14.5. The van der Waals surface area contributed by atoms with Crippen LogP contribution < -0.4 is 11.3 Å². The lowest BCUT2D eigenvalue weighted by Gasteiger charge is -2.22. The number of nitrogens with one attached hydrogen (secondary N) is 1. The lowest BCUT2D eigenvalue weighted by atomic mass is 10.1. The van der Waals surface area contributed by atoms with Crippen molar-refractivity contribution in [3.05, 3.63) is 29.3 Å². The van der Waals surface area contributed by atoms with Crippen molar-refractivity contribution in [3.63, 3.8) is 0 Å². The standard InChI is InChI=1S/C13H21N3O2/c1-3-16(7-4-8-17)13(18)11-9-10(2)5-6-12(11)15-14/h5-6,9,15,17H,3-4,7-8,14H2,1-2H3. The van der Waals surface area contributed by atoms with E-state index >= 15 is 0 Å². The first-order valence-electron chi connectivity index (χ1n) is 6.11. The number of aliphatic hydroxyl groups excluding tert-OH is 1. The molecular weight excluding hydrogens is 230 g/mol. The van der Waals surface area contributed by atoms with E-state index in [9.17, 15) is 4.79 Å². The minimum atomic E-state index is -0.0670. The number of nitrogen functional groups attached to an aromatic ring is 1. The SMILES string of the molecule is CCN(CCCO)C(=O)c1cc(C)ccc1NN. The van der Waals surface area contributed by atoms with Crippen molar-refractivity contribution in [1.29, 1.82) is 0 Å². The maximum absolute atomic E-state index is 12.4. The number of benzene rings is 1. The summed E-state index contributed by atoms with van der Waals surface area (Å²) in [5.41, 5.74) is 4.74. The van der Waals surface area contributed by atoms with Gasteiger partial charge < -0.3 is 15.4 Å². The average Bonchev–Trinajstić information content (AvgIpc) is 2.39. The molecule has 1 aromatic rings. The Morgan fingerprint density at radius 2 is 2.22 bits per heavy atom. The number of aliphatic hydroxyl groups is 1. The molecule has 0 fully saturated rings. The number of rotatable bonds is 6. The molecule has 0 atom stereocenters. The zero-order valence-electron chi connectivity index (χ0n) is 10.9. The molecule has 0 saturated heterocycles. The number of aryl methyl sites for hydroxylation is 1. The number of nitrogens with zero attached hydrogens (tertiary/aromatic N) is 1. The van der Waals surface area contributed by atoms with Gasteiger partial charge in [0.1, 0.15) is 0 Å². The van der Waals surface area contributed by atoms with E-state index in [1.54, 1.807) is 11.0 Å². The second kappa shape index (κ2) is 6.98. The molecule has 0 heterocycles. The monoisotopic (exact) mass is 251 g/mol. The topological polar surface area (TPSA) is 78.6 Å². The van der Waals surface area contributed by atoms with Crippen LogP contribution in [-0.4, -0.2) is 35.6 Å². The van der Waals surface area contributed by atoms with Crippen LogP contribution in [-0.2, 0) is 0 Å². The summed E-state index contributed by atoms with van der Waals surface area (Å²) in [6.07, 6.45) is 0.580. The van der Waals surface area contributed by atoms with E-state index in [-0.39, 0.29) is 12.5 Å². The normalized spacial score (nSPS) is 10.2. The molecule has 5 heteroatoms. The average molecular weight is 251 g/mol. The van der Waals surface area contributed by atoms with Crippen LogP contribution in [0.1, 0.15) is 29.3 Å². The van der Waals surface area contributed by atoms with E-state index in [2.05, 4.69) is 5.43 Å². The van der Waals surface area contributed by atoms with Gasteiger partial charge in [0.25, 0.3) is 5.91 Å². The van der Waals surface area contributed by atoms with Crippen molar-refractivity contribution < 1.29 is 9.90 Å². The largest absolute Gasteiger partial charge is 0.396 e. The van der Waals surface area contributed by atoms with Crippen LogP contribution in [0.2, 0.25) is 0 Å². The highest BCUT2D eigenvalue weighted by Crippen LogP contribution is 2.18. The molecule has 0 unspecified atom stereocenters. The second-order valence-corrected chi connectivity index (χ2v) is 4.16. The Bertz CT molecular complexity index is 407. The summed E-state index contributed by atoms with van der Waals surface area (Å²) in [5.74, 6) is 5.35. The fourth-order valence-electron chi connectivity index (χ4n) is 1.80. The smallest absolute Gasteiger partial charge is 0.256 e. The lowest BCUT2D eigenvalue weighted by molar-refractivity contribution is 0.0755. The Hall–Kier alpha value is -1.59. The van der Waals surface area contributed by atoms with Gasteiger partial charge in [-0.3, -0.25) is 10.6 Å². The summed E-state index contributed by atoms with van der Waals surface area (Å²) in [7, 11) is 0. The number of carbonyl (C=O) groups is 1. The van der Waals surface area contributed by atoms with Gasteiger partial charge in [-0.15, -0.1) is 0 Å². The van der Waals surface area contributed by atoms with Crippen LogP contribution >= 0.6 is 0 Å². The molecule has 1 aromatic carbocycles. The van der Waals surface area contributed by atoms with Gasteiger partial charge in [-0.2, -0.15) is 0 Å². The molecule has 0 spiro atoms. The highest BCUT2D eigenvalue weighted by Gasteiger charge is 2.17. The van der Waals surface area contributed by atoms with Crippen LogP contribution in [0.5, 0.6) is 0 Å². The molecule has 5 nitrogen and oxygen atoms in total. The van der Waals surface area contributed by atoms with E-state index < -0.39 is 0 Å². The Morgan fingerprint density at radius 3 is 2.78 bits per heavy atom. The molecule has 4 N–H and O–H groups in total. The predicted molar refractivity (Wildman–Crippen MR) is 72.3 cm³/mol. The molecule has 0 radical (unpaired) electrons. The van der Waals surface area contributed by atoms with Gasteiger partial charge in [0.15, 0.2) is 0 Å². The Kier molecular flexibility index (Phi) is 5.61. The molecule has 0 bridgehead atoms. The first-order valence-corrected chi connectivity index (χ1v) is 6.11. The van der Waals surface area contributed by atoms with Crippen LogP contribution in [0.3, 0.4) is 0 Å². The van der Waals surface area contributed by atoms with Gasteiger partial charge in [0, 0.05) is 19.7 Å². The van der Waals surface area contributed by atoms with Gasteiger partial charge in [-0.1, -0.05) is 11.6 Å². The first-order chi connectivity index (χ1) is 8.63. The van der Waals surface area contributed by atoms with Gasteiger partial charge in [0.2, 0.25) is 0 Å². The van der Waals surface area contributed by atoms with E-state index in [4.69, 9.17) is 10.9 Å². The Labute approximate surface area is 108 Å². The summed E-state index contributed by atoms with van der Waals surface area (Å²) in [6.45, 7) is 5.09. The summed E-state index contributed by atoms with van der Waals surface area (Å²) in [5, 5.41) is 8.84. The number of nitrogens with two attached hydrogens (primary N) is 1. The zero-order chi connectivity index (χ0) is 13.5. The van der Waals surface area contributed by atoms with Crippen molar-refractivity contribution >= 4 is 11.6 Å². The summed E-state index contributed by atoms with van der Waals surface area (Å²) in [4.78, 5) is 14.1. The summed E-state index contributed by atoms with van der Waals surface area (Å²) >= 11 is 0. The van der Waals surface area contributed by atoms with E-state index in [0.717, 1.165) is 5.56 Å².